The largest absolute Gasteiger partial charge is 0.492 e. The molecule has 36 heavy (non-hydrogen) atoms. The Labute approximate surface area is 218 Å². The number of nitrogens with zero attached hydrogens (tertiary/aromatic N) is 4. The summed E-state index contributed by atoms with van der Waals surface area (Å²) in [5, 5.41) is 7.96. The van der Waals surface area contributed by atoms with Gasteiger partial charge in [-0.05, 0) is 68.6 Å². The van der Waals surface area contributed by atoms with Gasteiger partial charge in [0.2, 0.25) is 5.95 Å². The number of ether oxygens (including phenoxy) is 1. The lowest BCUT2D eigenvalue weighted by Crippen LogP contribution is -2.28. The fraction of sp³-hybridized carbons (Fsp3) is 0.308. The lowest BCUT2D eigenvalue weighted by Gasteiger charge is -2.22. The second-order valence-electron chi connectivity index (χ2n) is 8.83. The summed E-state index contributed by atoms with van der Waals surface area (Å²) < 4.78 is 7.33. The van der Waals surface area contributed by atoms with E-state index >= 15 is 0 Å². The van der Waals surface area contributed by atoms with Crippen LogP contribution in [0.25, 0.3) is 22.2 Å². The van der Waals surface area contributed by atoms with Gasteiger partial charge in [0.1, 0.15) is 17.2 Å². The van der Waals surface area contributed by atoms with Crippen molar-refractivity contribution >= 4 is 46.0 Å². The summed E-state index contributed by atoms with van der Waals surface area (Å²) in [6, 6.07) is 10.5. The number of hydrogen-bond donors (Lipinski definition) is 2. The maximum atomic E-state index is 13.1. The molecule has 3 aromatic heterocycles. The molecule has 8 nitrogen and oxygen atoms in total. The van der Waals surface area contributed by atoms with Gasteiger partial charge in [0, 0.05) is 24.2 Å². The number of aromatic nitrogens is 4. The molecule has 1 aliphatic heterocycles. The molecule has 0 unspecified atom stereocenters. The van der Waals surface area contributed by atoms with Gasteiger partial charge < -0.3 is 15.4 Å². The molecule has 4 aromatic rings. The minimum atomic E-state index is -0.258. The number of halogens is 2. The maximum Gasteiger partial charge on any atom is 0.259 e. The first-order valence-electron chi connectivity index (χ1n) is 11.9. The molecule has 1 aromatic carbocycles. The molecule has 5 rings (SSSR count). The highest BCUT2D eigenvalue weighted by Gasteiger charge is 2.16. The van der Waals surface area contributed by atoms with E-state index in [2.05, 4.69) is 25.6 Å². The summed E-state index contributed by atoms with van der Waals surface area (Å²) in [7, 11) is 1.66. The molecule has 0 amide bonds. The predicted octanol–water partition coefficient (Wildman–Crippen LogP) is 5.21. The first-order chi connectivity index (χ1) is 17.5. The third-order valence-corrected chi connectivity index (χ3v) is 7.04. The molecule has 0 bridgehead atoms. The van der Waals surface area contributed by atoms with Crippen LogP contribution in [-0.2, 0) is 7.05 Å². The molecule has 0 spiro atoms. The van der Waals surface area contributed by atoms with Crippen molar-refractivity contribution < 1.29 is 4.74 Å². The van der Waals surface area contributed by atoms with Gasteiger partial charge >= 0.3 is 0 Å². The van der Waals surface area contributed by atoms with Crippen LogP contribution in [0.4, 0.5) is 11.8 Å². The van der Waals surface area contributed by atoms with Crippen LogP contribution in [0.1, 0.15) is 19.3 Å². The zero-order chi connectivity index (χ0) is 25.1. The standard InChI is InChI=1S/C26H26Cl2N6O2/c1-34-24-17(13-19(25(34)35)23-20(27)3-2-4-21(23)28)14-31-26(33-24)32-22-6-5-18(15-30-22)36-12-9-16-7-10-29-11-8-16/h2-6,13-16,29H,7-12H2,1H3,(H,30,31,32,33). The topological polar surface area (TPSA) is 94.0 Å². The normalized spacial score (nSPS) is 14.2. The van der Waals surface area contributed by atoms with Gasteiger partial charge in [-0.3, -0.25) is 9.36 Å². The molecule has 0 aliphatic carbocycles. The molecule has 10 heteroatoms. The van der Waals surface area contributed by atoms with Crippen LogP contribution in [0.2, 0.25) is 10.0 Å². The van der Waals surface area contributed by atoms with Gasteiger partial charge in [0.15, 0.2) is 0 Å². The predicted molar refractivity (Wildman–Crippen MR) is 143 cm³/mol. The second-order valence-corrected chi connectivity index (χ2v) is 9.64. The van der Waals surface area contributed by atoms with Crippen LogP contribution in [-0.4, -0.2) is 39.2 Å². The van der Waals surface area contributed by atoms with Gasteiger partial charge in [-0.2, -0.15) is 4.98 Å². The third kappa shape index (κ3) is 5.31. The van der Waals surface area contributed by atoms with Crippen LogP contribution in [0.3, 0.4) is 0 Å². The number of piperidine rings is 1. The van der Waals surface area contributed by atoms with Crippen LogP contribution < -0.4 is 20.9 Å². The SMILES string of the molecule is Cn1c(=O)c(-c2c(Cl)cccc2Cl)cc2cnc(Nc3ccc(OCCC4CCNCC4)cn3)nc21. The fourth-order valence-electron chi connectivity index (χ4n) is 4.41. The highest BCUT2D eigenvalue weighted by Crippen LogP contribution is 2.33. The highest BCUT2D eigenvalue weighted by molar-refractivity contribution is 6.39. The van der Waals surface area contributed by atoms with Crippen molar-refractivity contribution in [3.63, 3.8) is 0 Å². The maximum absolute atomic E-state index is 13.1. The Morgan fingerprint density at radius 3 is 2.61 bits per heavy atom. The van der Waals surface area contributed by atoms with Gasteiger partial charge in [-0.1, -0.05) is 29.3 Å². The zero-order valence-electron chi connectivity index (χ0n) is 19.8. The Bertz CT molecular complexity index is 1420. The number of pyridine rings is 2. The van der Waals surface area contributed by atoms with Crippen LogP contribution >= 0.6 is 23.2 Å². The smallest absolute Gasteiger partial charge is 0.259 e. The Hall–Kier alpha value is -3.20. The van der Waals surface area contributed by atoms with Crippen molar-refractivity contribution in [3.8, 4) is 16.9 Å². The first-order valence-corrected chi connectivity index (χ1v) is 12.6. The van der Waals surface area contributed by atoms with Crippen molar-refractivity contribution in [2.75, 3.05) is 25.0 Å². The molecular formula is C26H26Cl2N6O2. The number of fused-ring (bicyclic) bond motifs is 1. The monoisotopic (exact) mass is 524 g/mol. The molecule has 186 valence electrons. The van der Waals surface area contributed by atoms with E-state index in [9.17, 15) is 4.79 Å². The van der Waals surface area contributed by atoms with E-state index in [1.807, 2.05) is 12.1 Å². The third-order valence-electron chi connectivity index (χ3n) is 6.41. The van der Waals surface area contributed by atoms with E-state index in [1.165, 1.54) is 17.4 Å². The lowest BCUT2D eigenvalue weighted by atomic mass is 9.95. The van der Waals surface area contributed by atoms with Gasteiger partial charge in [0.25, 0.3) is 5.56 Å². The summed E-state index contributed by atoms with van der Waals surface area (Å²) in [5.74, 6) is 2.35. The molecule has 2 N–H and O–H groups in total. The van der Waals surface area contributed by atoms with E-state index in [0.717, 1.165) is 31.2 Å². The molecule has 0 radical (unpaired) electrons. The summed E-state index contributed by atoms with van der Waals surface area (Å²) in [6.07, 6.45) is 6.79. The fourth-order valence-corrected chi connectivity index (χ4v) is 5.01. The van der Waals surface area contributed by atoms with Crippen molar-refractivity contribution in [2.24, 2.45) is 13.0 Å². The zero-order valence-corrected chi connectivity index (χ0v) is 21.3. The van der Waals surface area contributed by atoms with Crippen molar-refractivity contribution in [1.82, 2.24) is 24.8 Å². The summed E-state index contributed by atoms with van der Waals surface area (Å²) in [6.45, 7) is 2.87. The minimum absolute atomic E-state index is 0.258. The van der Waals surface area contributed by atoms with E-state index < -0.39 is 0 Å². The average molecular weight is 525 g/mol. The Kier molecular flexibility index (Phi) is 7.36. The average Bonchev–Trinajstić information content (AvgIpc) is 2.89. The minimum Gasteiger partial charge on any atom is -0.492 e. The number of aryl methyl sites for hydroxylation is 1. The first kappa shape index (κ1) is 24.5. The molecule has 0 saturated carbocycles. The van der Waals surface area contributed by atoms with E-state index in [-0.39, 0.29) is 5.56 Å². The molecule has 1 fully saturated rings. The van der Waals surface area contributed by atoms with E-state index in [0.29, 0.717) is 50.6 Å². The molecular weight excluding hydrogens is 499 g/mol. The Morgan fingerprint density at radius 2 is 1.89 bits per heavy atom. The van der Waals surface area contributed by atoms with Crippen LogP contribution in [0, 0.1) is 5.92 Å². The number of hydrogen-bond acceptors (Lipinski definition) is 7. The number of nitrogens with one attached hydrogen (secondary N) is 2. The number of rotatable bonds is 7. The highest BCUT2D eigenvalue weighted by atomic mass is 35.5. The summed E-state index contributed by atoms with van der Waals surface area (Å²) in [5.41, 5.74) is 1.10. The molecule has 1 saturated heterocycles. The molecule has 0 atom stereocenters. The quantitative estimate of drug-likeness (QED) is 0.342. The van der Waals surface area contributed by atoms with Crippen molar-refractivity contribution in [3.05, 3.63) is 69.2 Å². The Morgan fingerprint density at radius 1 is 1.11 bits per heavy atom. The summed E-state index contributed by atoms with van der Waals surface area (Å²) >= 11 is 12.7. The Balaban J connectivity index is 1.30. The van der Waals surface area contributed by atoms with Gasteiger partial charge in [-0.15, -0.1) is 0 Å². The molecule has 4 heterocycles. The van der Waals surface area contributed by atoms with E-state index in [4.69, 9.17) is 27.9 Å². The second kappa shape index (κ2) is 10.8. The van der Waals surface area contributed by atoms with Gasteiger partial charge in [-0.25, -0.2) is 9.97 Å². The number of anilines is 2. The number of benzene rings is 1. The van der Waals surface area contributed by atoms with Crippen LogP contribution in [0.5, 0.6) is 5.75 Å². The summed E-state index contributed by atoms with van der Waals surface area (Å²) in [4.78, 5) is 26.5. The van der Waals surface area contributed by atoms with Crippen LogP contribution in [0.15, 0.2) is 53.6 Å². The van der Waals surface area contributed by atoms with Crippen molar-refractivity contribution in [1.29, 1.82) is 0 Å². The van der Waals surface area contributed by atoms with Crippen molar-refractivity contribution in [2.45, 2.75) is 19.3 Å². The van der Waals surface area contributed by atoms with Gasteiger partial charge in [0.05, 0.1) is 28.4 Å². The lowest BCUT2D eigenvalue weighted by molar-refractivity contribution is 0.251. The molecule has 1 aliphatic rings. The van der Waals surface area contributed by atoms with E-state index in [1.54, 1.807) is 43.7 Å².